The minimum absolute atomic E-state index is 0.0151. The lowest BCUT2D eigenvalue weighted by atomic mass is 10.0. The number of halogens is 1. The number of nitrogens with zero attached hydrogens (tertiary/aromatic N) is 2. The summed E-state index contributed by atoms with van der Waals surface area (Å²) < 4.78 is 6.79. The number of hydrogen-bond donors (Lipinski definition) is 3. The van der Waals surface area contributed by atoms with E-state index >= 15 is 0 Å². The molecule has 0 spiro atoms. The second-order valence-electron chi connectivity index (χ2n) is 5.60. The number of methoxy groups -OCH3 is 1. The summed E-state index contributed by atoms with van der Waals surface area (Å²) >= 11 is 5.94. The van der Waals surface area contributed by atoms with Crippen molar-refractivity contribution >= 4 is 34.9 Å². The first-order chi connectivity index (χ1) is 13.3. The Morgan fingerprint density at radius 2 is 1.93 bits per heavy atom. The van der Waals surface area contributed by atoms with Crippen LogP contribution in [0.5, 0.6) is 0 Å². The van der Waals surface area contributed by atoms with E-state index in [1.807, 2.05) is 25.1 Å². The van der Waals surface area contributed by atoms with Gasteiger partial charge in [0, 0.05) is 16.8 Å². The Morgan fingerprint density at radius 3 is 2.39 bits per heavy atom. The van der Waals surface area contributed by atoms with Gasteiger partial charge in [-0.1, -0.05) is 30.3 Å². The number of hydrogen-bond acceptors (Lipinski definition) is 4. The monoisotopic (exact) mass is 401 g/mol. The van der Waals surface area contributed by atoms with Crippen LogP contribution in [0.25, 0.3) is 11.3 Å². The normalized spacial score (nSPS) is 11.8. The number of anilines is 1. The highest BCUT2D eigenvalue weighted by molar-refractivity contribution is 6.31. The molecular weight excluding hydrogens is 382 g/mol. The quantitative estimate of drug-likeness (QED) is 0.486. The number of allylic oxidation sites excluding steroid dienone is 4. The molecule has 0 aliphatic rings. The Hall–Kier alpha value is -3.52. The van der Waals surface area contributed by atoms with E-state index in [-0.39, 0.29) is 11.4 Å². The molecule has 0 atom stereocenters. The van der Waals surface area contributed by atoms with E-state index < -0.39 is 11.9 Å². The second-order valence-corrected chi connectivity index (χ2v) is 6.08. The molecule has 2 aromatic rings. The predicted molar refractivity (Wildman–Crippen MR) is 109 cm³/mol. The minimum Gasteiger partial charge on any atom is -0.496 e. The molecule has 0 fully saturated rings. The van der Waals surface area contributed by atoms with Crippen molar-refractivity contribution in [2.45, 2.75) is 6.92 Å². The third kappa shape index (κ3) is 4.80. The van der Waals surface area contributed by atoms with Crippen LogP contribution in [0.3, 0.4) is 0 Å². The summed E-state index contributed by atoms with van der Waals surface area (Å²) in [5, 5.41) is 6.78. The first kappa shape index (κ1) is 20.8. The summed E-state index contributed by atoms with van der Waals surface area (Å²) in [7, 11) is 1.57. The van der Waals surface area contributed by atoms with Crippen LogP contribution in [0.1, 0.15) is 22.8 Å². The van der Waals surface area contributed by atoms with Gasteiger partial charge in [-0.15, -0.1) is 5.10 Å². The first-order valence-corrected chi connectivity index (χ1v) is 8.48. The van der Waals surface area contributed by atoms with Crippen LogP contribution in [0.15, 0.2) is 60.0 Å². The van der Waals surface area contributed by atoms with Gasteiger partial charge in [0.05, 0.1) is 12.8 Å². The van der Waals surface area contributed by atoms with Crippen molar-refractivity contribution < 1.29 is 14.3 Å². The van der Waals surface area contributed by atoms with Crippen LogP contribution in [-0.4, -0.2) is 28.8 Å². The van der Waals surface area contributed by atoms with Crippen molar-refractivity contribution in [2.24, 2.45) is 11.5 Å². The number of primary amides is 2. The average molecular weight is 402 g/mol. The van der Waals surface area contributed by atoms with Crippen LogP contribution in [0.2, 0.25) is 0 Å². The highest BCUT2D eigenvalue weighted by Gasteiger charge is 2.16. The van der Waals surface area contributed by atoms with Crippen LogP contribution >= 0.6 is 11.6 Å². The Balaban J connectivity index is 2.45. The second kappa shape index (κ2) is 8.92. The van der Waals surface area contributed by atoms with Gasteiger partial charge >= 0.3 is 6.03 Å². The summed E-state index contributed by atoms with van der Waals surface area (Å²) in [6, 6.07) is 6.36. The molecule has 0 aliphatic carbocycles. The Kier molecular flexibility index (Phi) is 6.62. The number of aromatic nitrogens is 2. The van der Waals surface area contributed by atoms with E-state index in [0.717, 1.165) is 11.1 Å². The third-order valence-corrected chi connectivity index (χ3v) is 3.82. The molecule has 1 heterocycles. The fourth-order valence-corrected chi connectivity index (χ4v) is 2.63. The molecule has 5 N–H and O–H groups in total. The van der Waals surface area contributed by atoms with Gasteiger partial charge in [0.15, 0.2) is 5.82 Å². The number of carbonyl (C=O) groups excluding carboxylic acids is 2. The predicted octanol–water partition coefficient (Wildman–Crippen LogP) is 3.15. The van der Waals surface area contributed by atoms with Gasteiger partial charge < -0.3 is 16.2 Å². The zero-order valence-electron chi connectivity index (χ0n) is 15.4. The lowest BCUT2D eigenvalue weighted by Gasteiger charge is -2.12. The van der Waals surface area contributed by atoms with Gasteiger partial charge in [-0.25, -0.2) is 9.48 Å². The van der Waals surface area contributed by atoms with E-state index in [0.29, 0.717) is 16.5 Å². The smallest absolute Gasteiger partial charge is 0.317 e. The Labute approximate surface area is 167 Å². The number of nitrogens with two attached hydrogens (primary N) is 2. The topological polar surface area (TPSA) is 125 Å². The maximum absolute atomic E-state index is 11.6. The summed E-state index contributed by atoms with van der Waals surface area (Å²) in [5.41, 5.74) is 12.7. The number of carbonyl (C=O) groups is 2. The number of urea groups is 1. The third-order valence-electron chi connectivity index (χ3n) is 3.71. The van der Waals surface area contributed by atoms with Gasteiger partial charge in [-0.2, -0.15) is 0 Å². The molecule has 0 radical (unpaired) electrons. The van der Waals surface area contributed by atoms with E-state index in [2.05, 4.69) is 17.0 Å². The van der Waals surface area contributed by atoms with E-state index in [4.69, 9.17) is 27.8 Å². The highest BCUT2D eigenvalue weighted by Crippen LogP contribution is 2.27. The lowest BCUT2D eigenvalue weighted by Crippen LogP contribution is -2.22. The Morgan fingerprint density at radius 1 is 1.29 bits per heavy atom. The number of amides is 3. The van der Waals surface area contributed by atoms with Crippen molar-refractivity contribution in [2.75, 3.05) is 12.4 Å². The summed E-state index contributed by atoms with van der Waals surface area (Å²) in [4.78, 5) is 22.6. The molecule has 0 saturated carbocycles. The van der Waals surface area contributed by atoms with Crippen molar-refractivity contribution in [3.05, 3.63) is 71.1 Å². The first-order valence-electron chi connectivity index (χ1n) is 8.10. The zero-order chi connectivity index (χ0) is 20.8. The van der Waals surface area contributed by atoms with Crippen LogP contribution in [0, 0.1) is 0 Å². The molecule has 0 saturated heterocycles. The molecule has 9 heteroatoms. The molecule has 0 aliphatic heterocycles. The molecule has 1 aromatic heterocycles. The number of nitrogens with one attached hydrogen (secondary N) is 1. The molecule has 2 rings (SSSR count). The van der Waals surface area contributed by atoms with Crippen molar-refractivity contribution in [3.8, 4) is 5.69 Å². The van der Waals surface area contributed by atoms with Crippen molar-refractivity contribution in [1.82, 2.24) is 9.78 Å². The van der Waals surface area contributed by atoms with Crippen molar-refractivity contribution in [1.29, 1.82) is 0 Å². The van der Waals surface area contributed by atoms with Gasteiger partial charge in [-0.05, 0) is 36.8 Å². The highest BCUT2D eigenvalue weighted by atomic mass is 35.5. The van der Waals surface area contributed by atoms with Crippen molar-refractivity contribution in [3.63, 3.8) is 0 Å². The zero-order valence-corrected chi connectivity index (χ0v) is 16.2. The number of benzene rings is 1. The van der Waals surface area contributed by atoms with Crippen LogP contribution in [0.4, 0.5) is 10.6 Å². The van der Waals surface area contributed by atoms with E-state index in [1.54, 1.807) is 25.3 Å². The molecule has 0 bridgehead atoms. The molecule has 3 amide bonds. The maximum atomic E-state index is 11.6. The largest absolute Gasteiger partial charge is 0.496 e. The lowest BCUT2D eigenvalue weighted by molar-refractivity contribution is 0.100. The molecule has 8 nitrogen and oxygen atoms in total. The SMILES string of the molecule is C=C(Cl)/C=C(\C(=C/C)OC)c1ccc(-n2cc(C(N)=O)c(NC(N)=O)n2)cc1. The number of rotatable bonds is 7. The molecule has 28 heavy (non-hydrogen) atoms. The molecule has 1 aromatic carbocycles. The fraction of sp³-hybridized carbons (Fsp3) is 0.105. The van der Waals surface area contributed by atoms with Gasteiger partial charge in [-0.3, -0.25) is 10.1 Å². The summed E-state index contributed by atoms with van der Waals surface area (Å²) in [6.07, 6.45) is 4.92. The number of ether oxygens (including phenoxy) is 1. The molecule has 146 valence electrons. The maximum Gasteiger partial charge on any atom is 0.317 e. The minimum atomic E-state index is -0.849. The van der Waals surface area contributed by atoms with Gasteiger partial charge in [0.2, 0.25) is 0 Å². The fourth-order valence-electron chi connectivity index (χ4n) is 2.53. The van der Waals surface area contributed by atoms with Gasteiger partial charge in [0.25, 0.3) is 5.91 Å². The summed E-state index contributed by atoms with van der Waals surface area (Å²) in [5.74, 6) is -0.119. The standard InChI is InChI=1S/C19H20ClN5O3/c1-4-16(28-3)14(9-11(2)20)12-5-7-13(8-6-12)25-10-15(17(21)26)18(24-25)23-19(22)27/h4-10H,2H2,1,3H3,(H2,21,26)(H3,22,23,24,27)/b14-9-,16-4+. The van der Waals surface area contributed by atoms with E-state index in [9.17, 15) is 9.59 Å². The summed E-state index contributed by atoms with van der Waals surface area (Å²) in [6.45, 7) is 5.54. The molecular formula is C19H20ClN5O3. The van der Waals surface area contributed by atoms with Gasteiger partial charge in [0.1, 0.15) is 11.3 Å². The van der Waals surface area contributed by atoms with Crippen LogP contribution < -0.4 is 16.8 Å². The average Bonchev–Trinajstić information content (AvgIpc) is 3.05. The molecule has 0 unspecified atom stereocenters. The van der Waals surface area contributed by atoms with Crippen LogP contribution in [-0.2, 0) is 4.74 Å². The Bertz CT molecular complexity index is 974. The van der Waals surface area contributed by atoms with E-state index in [1.165, 1.54) is 10.9 Å².